The SMILES string of the molecule is COc1ccc(CN2C(=NC(=O)CC#N)S[C@@H]3CS(=O)(=O)C[C@@H]32)cc1OC. The van der Waals surface area contributed by atoms with Crippen molar-refractivity contribution >= 4 is 32.7 Å². The van der Waals surface area contributed by atoms with Crippen LogP contribution >= 0.6 is 11.8 Å². The molecule has 1 aromatic rings. The Morgan fingerprint density at radius 2 is 2.07 bits per heavy atom. The van der Waals surface area contributed by atoms with E-state index in [0.717, 1.165) is 5.56 Å². The number of thioether (sulfide) groups is 1. The third-order valence-corrected chi connectivity index (χ3v) is 7.67. The van der Waals surface area contributed by atoms with E-state index in [1.165, 1.54) is 11.8 Å². The summed E-state index contributed by atoms with van der Waals surface area (Å²) in [5.41, 5.74) is 0.874. The lowest BCUT2D eigenvalue weighted by molar-refractivity contribution is -0.116. The van der Waals surface area contributed by atoms with Gasteiger partial charge < -0.3 is 14.4 Å². The zero-order chi connectivity index (χ0) is 19.6. The van der Waals surface area contributed by atoms with Gasteiger partial charge in [-0.05, 0) is 17.7 Å². The molecule has 2 aliphatic heterocycles. The van der Waals surface area contributed by atoms with E-state index in [9.17, 15) is 13.2 Å². The number of carbonyl (C=O) groups excluding carboxylic acids is 1. The molecular weight excluding hydrogens is 390 g/mol. The Balaban J connectivity index is 1.90. The van der Waals surface area contributed by atoms with E-state index >= 15 is 0 Å². The monoisotopic (exact) mass is 409 g/mol. The smallest absolute Gasteiger partial charge is 0.262 e. The van der Waals surface area contributed by atoms with Crippen LogP contribution in [0.4, 0.5) is 0 Å². The summed E-state index contributed by atoms with van der Waals surface area (Å²) >= 11 is 1.29. The number of aliphatic imine (C=N–C) groups is 1. The second-order valence-corrected chi connectivity index (χ2v) is 9.60. The van der Waals surface area contributed by atoms with Gasteiger partial charge in [-0.3, -0.25) is 4.79 Å². The van der Waals surface area contributed by atoms with Gasteiger partial charge in [0.05, 0.1) is 37.8 Å². The first-order valence-electron chi connectivity index (χ1n) is 8.20. The van der Waals surface area contributed by atoms with Crippen molar-refractivity contribution in [2.75, 3.05) is 25.7 Å². The Morgan fingerprint density at radius 3 is 2.74 bits per heavy atom. The van der Waals surface area contributed by atoms with Crippen LogP contribution in [0.25, 0.3) is 0 Å². The molecule has 0 bridgehead atoms. The Bertz CT molecular complexity index is 923. The number of fused-ring (bicyclic) bond motifs is 1. The quantitative estimate of drug-likeness (QED) is 0.714. The summed E-state index contributed by atoms with van der Waals surface area (Å²) in [5, 5.41) is 8.99. The molecule has 3 rings (SSSR count). The number of hydrogen-bond donors (Lipinski definition) is 0. The van der Waals surface area contributed by atoms with E-state index < -0.39 is 15.7 Å². The first-order chi connectivity index (χ1) is 12.9. The highest BCUT2D eigenvalue weighted by molar-refractivity contribution is 8.15. The molecule has 0 saturated carbocycles. The van der Waals surface area contributed by atoms with Crippen molar-refractivity contribution in [3.05, 3.63) is 23.8 Å². The van der Waals surface area contributed by atoms with Gasteiger partial charge in [-0.15, -0.1) is 0 Å². The molecule has 0 N–H and O–H groups in total. The van der Waals surface area contributed by atoms with Crippen LogP contribution in [0.2, 0.25) is 0 Å². The molecule has 27 heavy (non-hydrogen) atoms. The molecule has 2 aliphatic rings. The number of sulfone groups is 1. The Labute approximate surface area is 162 Å². The van der Waals surface area contributed by atoms with Crippen LogP contribution in [0, 0.1) is 11.3 Å². The van der Waals surface area contributed by atoms with Gasteiger partial charge >= 0.3 is 0 Å². The largest absolute Gasteiger partial charge is 0.493 e. The molecule has 0 unspecified atom stereocenters. The van der Waals surface area contributed by atoms with Crippen molar-refractivity contribution in [1.82, 2.24) is 4.90 Å². The summed E-state index contributed by atoms with van der Waals surface area (Å²) in [5.74, 6) is 0.729. The van der Waals surface area contributed by atoms with Crippen LogP contribution in [0.5, 0.6) is 11.5 Å². The Kier molecular flexibility index (Phi) is 5.62. The van der Waals surface area contributed by atoms with Crippen LogP contribution in [0.3, 0.4) is 0 Å². The molecule has 0 aromatic heterocycles. The normalized spacial score (nSPS) is 24.5. The predicted octanol–water partition coefficient (Wildman–Crippen LogP) is 1.21. The van der Waals surface area contributed by atoms with E-state index in [4.69, 9.17) is 14.7 Å². The van der Waals surface area contributed by atoms with E-state index in [0.29, 0.717) is 23.2 Å². The lowest BCUT2D eigenvalue weighted by Gasteiger charge is -2.24. The maximum absolute atomic E-state index is 12.0. The number of ether oxygens (including phenoxy) is 2. The second-order valence-electron chi connectivity index (χ2n) is 6.24. The second kappa shape index (κ2) is 7.78. The minimum Gasteiger partial charge on any atom is -0.493 e. The highest BCUT2D eigenvalue weighted by Crippen LogP contribution is 2.39. The topological polar surface area (TPSA) is 109 Å². The average Bonchev–Trinajstić information content (AvgIpc) is 3.07. The van der Waals surface area contributed by atoms with Crippen molar-refractivity contribution < 1.29 is 22.7 Å². The number of amidine groups is 1. The lowest BCUT2D eigenvalue weighted by atomic mass is 10.1. The number of nitriles is 1. The molecule has 0 aliphatic carbocycles. The fourth-order valence-corrected chi connectivity index (χ4v) is 7.18. The van der Waals surface area contributed by atoms with Crippen LogP contribution in [0.1, 0.15) is 12.0 Å². The number of nitrogens with zero attached hydrogens (tertiary/aromatic N) is 3. The van der Waals surface area contributed by atoms with E-state index in [-0.39, 0.29) is 29.2 Å². The number of hydrogen-bond acceptors (Lipinski definition) is 7. The molecule has 2 saturated heterocycles. The van der Waals surface area contributed by atoms with Crippen molar-refractivity contribution in [2.24, 2.45) is 4.99 Å². The van der Waals surface area contributed by atoms with E-state index in [2.05, 4.69) is 4.99 Å². The molecule has 2 atom stereocenters. The maximum atomic E-state index is 12.0. The molecule has 144 valence electrons. The summed E-state index contributed by atoms with van der Waals surface area (Å²) in [6, 6.07) is 6.99. The Morgan fingerprint density at radius 1 is 1.33 bits per heavy atom. The zero-order valence-electron chi connectivity index (χ0n) is 14.9. The van der Waals surface area contributed by atoms with Crippen molar-refractivity contribution in [2.45, 2.75) is 24.3 Å². The highest BCUT2D eigenvalue weighted by Gasteiger charge is 2.48. The first-order valence-corrected chi connectivity index (χ1v) is 10.9. The van der Waals surface area contributed by atoms with Gasteiger partial charge in [0.15, 0.2) is 26.5 Å². The average molecular weight is 409 g/mol. The fraction of sp³-hybridized carbons (Fsp3) is 0.471. The minimum absolute atomic E-state index is 0.0312. The number of benzene rings is 1. The van der Waals surface area contributed by atoms with Crippen molar-refractivity contribution in [3.63, 3.8) is 0 Å². The van der Waals surface area contributed by atoms with Gasteiger partial charge in [0.2, 0.25) is 0 Å². The van der Waals surface area contributed by atoms with Gasteiger partial charge in [0, 0.05) is 11.8 Å². The first kappa shape index (κ1) is 19.5. The summed E-state index contributed by atoms with van der Waals surface area (Å²) in [7, 11) is -0.0240. The molecule has 1 amide bonds. The zero-order valence-corrected chi connectivity index (χ0v) is 16.5. The van der Waals surface area contributed by atoms with E-state index in [1.807, 2.05) is 17.0 Å². The Hall–Kier alpha value is -2.25. The number of amides is 1. The molecule has 8 nitrogen and oxygen atoms in total. The number of methoxy groups -OCH3 is 2. The van der Waals surface area contributed by atoms with Gasteiger partial charge in [-0.1, -0.05) is 17.8 Å². The molecular formula is C17H19N3O5S2. The molecule has 2 fully saturated rings. The molecule has 1 aromatic carbocycles. The van der Waals surface area contributed by atoms with Crippen LogP contribution in [0.15, 0.2) is 23.2 Å². The van der Waals surface area contributed by atoms with Crippen LogP contribution < -0.4 is 9.47 Å². The van der Waals surface area contributed by atoms with Gasteiger partial charge in [0.25, 0.3) is 5.91 Å². The standard InChI is InChI=1S/C17H19N3O5S2/c1-24-13-4-3-11(7-14(13)25-2)8-20-12-9-27(22,23)10-15(12)26-17(20)19-16(21)5-6-18/h3-4,7,12,15H,5,8-10H2,1-2H3/t12-,15+/m0/s1. The molecule has 0 radical (unpaired) electrons. The maximum Gasteiger partial charge on any atom is 0.262 e. The van der Waals surface area contributed by atoms with Gasteiger partial charge in [0.1, 0.15) is 6.42 Å². The van der Waals surface area contributed by atoms with Gasteiger partial charge in [-0.25, -0.2) is 8.42 Å². The van der Waals surface area contributed by atoms with Gasteiger partial charge in [-0.2, -0.15) is 10.3 Å². The van der Waals surface area contributed by atoms with Crippen LogP contribution in [-0.4, -0.2) is 61.4 Å². The van der Waals surface area contributed by atoms with Crippen LogP contribution in [-0.2, 0) is 21.2 Å². The summed E-state index contributed by atoms with van der Waals surface area (Å²) in [4.78, 5) is 17.7. The van der Waals surface area contributed by atoms with E-state index in [1.54, 1.807) is 26.4 Å². The molecule has 2 heterocycles. The molecule has 0 spiro atoms. The predicted molar refractivity (Wildman–Crippen MR) is 102 cm³/mol. The third-order valence-electron chi connectivity index (χ3n) is 4.43. The summed E-state index contributed by atoms with van der Waals surface area (Å²) in [6.07, 6.45) is -0.304. The van der Waals surface area contributed by atoms with Crippen molar-refractivity contribution in [1.29, 1.82) is 5.26 Å². The minimum atomic E-state index is -3.12. The summed E-state index contributed by atoms with van der Waals surface area (Å²) in [6.45, 7) is 0.378. The summed E-state index contributed by atoms with van der Waals surface area (Å²) < 4.78 is 34.6. The highest BCUT2D eigenvalue weighted by atomic mass is 32.2. The van der Waals surface area contributed by atoms with Crippen molar-refractivity contribution in [3.8, 4) is 17.6 Å². The number of carbonyl (C=O) groups is 1. The molecule has 10 heteroatoms. The fourth-order valence-electron chi connectivity index (χ4n) is 3.21. The third kappa shape index (κ3) is 4.20. The lowest BCUT2D eigenvalue weighted by Crippen LogP contribution is -2.37. The number of rotatable bonds is 5.